The van der Waals surface area contributed by atoms with Gasteiger partial charge in [0.05, 0.1) is 31.0 Å². The van der Waals surface area contributed by atoms with Crippen molar-refractivity contribution in [1.82, 2.24) is 15.4 Å². The van der Waals surface area contributed by atoms with Crippen LogP contribution in [-0.4, -0.2) is 42.1 Å². The van der Waals surface area contributed by atoms with Gasteiger partial charge in [0.15, 0.2) is 11.3 Å². The summed E-state index contributed by atoms with van der Waals surface area (Å²) in [5, 5.41) is 5.67. The lowest BCUT2D eigenvalue weighted by Gasteiger charge is -2.28. The van der Waals surface area contributed by atoms with Crippen LogP contribution in [-0.2, 0) is 11.3 Å². The number of ether oxygens (including phenoxy) is 1. The second-order valence-corrected chi connectivity index (χ2v) is 7.93. The van der Waals surface area contributed by atoms with Gasteiger partial charge in [-0.05, 0) is 17.7 Å². The summed E-state index contributed by atoms with van der Waals surface area (Å²) >= 11 is 0. The van der Waals surface area contributed by atoms with Crippen molar-refractivity contribution < 1.29 is 4.74 Å². The number of fused-ring (bicyclic) bond motifs is 1. The van der Waals surface area contributed by atoms with Crippen LogP contribution < -0.4 is 39.0 Å². The van der Waals surface area contributed by atoms with Gasteiger partial charge in [0.25, 0.3) is 0 Å². The number of nitrogens with zero attached hydrogens (tertiary/aromatic N) is 3. The number of H-pyrrole nitrogens is 1. The normalized spacial score (nSPS) is 14.9. The fraction of sp³-hybridized carbons (Fsp3) is 0.217. The number of nitrogens with two attached hydrogens (primary N) is 4. The molecule has 0 atom stereocenters. The molecule has 2 heterocycles. The van der Waals surface area contributed by atoms with Crippen molar-refractivity contribution in [1.29, 1.82) is 0 Å². The summed E-state index contributed by atoms with van der Waals surface area (Å²) in [6, 6.07) is 14.5. The van der Waals surface area contributed by atoms with Gasteiger partial charge in [-0.1, -0.05) is 30.3 Å². The Bertz CT molecular complexity index is 1280. The molecule has 1 aliphatic rings. The van der Waals surface area contributed by atoms with E-state index in [0.717, 1.165) is 16.9 Å². The fourth-order valence-corrected chi connectivity index (χ4v) is 3.99. The molecule has 2 aromatic carbocycles. The number of anilines is 1. The molecular weight excluding hydrogens is 434 g/mol. The van der Waals surface area contributed by atoms with Crippen LogP contribution in [0.4, 0.5) is 5.82 Å². The fourth-order valence-electron chi connectivity index (χ4n) is 3.99. The van der Waals surface area contributed by atoms with Gasteiger partial charge < -0.3 is 36.6 Å². The zero-order valence-corrected chi connectivity index (χ0v) is 18.7. The zero-order chi connectivity index (χ0) is 24.1. The predicted octanol–water partition coefficient (Wildman–Crippen LogP) is 0.0813. The maximum absolute atomic E-state index is 12.8. The Morgan fingerprint density at radius 3 is 2.71 bits per heavy atom. The van der Waals surface area contributed by atoms with Gasteiger partial charge in [-0.15, -0.1) is 0 Å². The number of morpholine rings is 1. The number of hydrogen-bond acceptors (Lipinski definition) is 9. The predicted molar refractivity (Wildman–Crippen MR) is 134 cm³/mol. The average Bonchev–Trinajstić information content (AvgIpc) is 2.85. The molecule has 1 aliphatic heterocycles. The van der Waals surface area contributed by atoms with Crippen LogP contribution in [0, 0.1) is 0 Å². The van der Waals surface area contributed by atoms with Gasteiger partial charge in [-0.2, -0.15) is 5.10 Å². The van der Waals surface area contributed by atoms with Crippen molar-refractivity contribution in [2.45, 2.75) is 6.54 Å². The number of para-hydroxylation sites is 1. The van der Waals surface area contributed by atoms with Crippen molar-refractivity contribution in [3.63, 3.8) is 0 Å². The van der Waals surface area contributed by atoms with E-state index in [4.69, 9.17) is 28.0 Å². The van der Waals surface area contributed by atoms with E-state index in [1.54, 1.807) is 24.4 Å². The highest BCUT2D eigenvalue weighted by atomic mass is 16.5. The maximum atomic E-state index is 12.8. The molecule has 1 aromatic heterocycles. The SMILES string of the molecule is N/N=C(\NN)c1cccc(CN(N)/C=C(\N)c2cccc3c(=O)cc(N4CCOCC4)[nH]c23)c1. The molecule has 11 heteroatoms. The summed E-state index contributed by atoms with van der Waals surface area (Å²) in [6.45, 7) is 3.03. The van der Waals surface area contributed by atoms with E-state index >= 15 is 0 Å². The van der Waals surface area contributed by atoms with Crippen molar-refractivity contribution in [3.8, 4) is 0 Å². The molecule has 0 unspecified atom stereocenters. The van der Waals surface area contributed by atoms with Crippen LogP contribution >= 0.6 is 0 Å². The Labute approximate surface area is 196 Å². The molecule has 4 rings (SSSR count). The van der Waals surface area contributed by atoms with Gasteiger partial charge in [0, 0.05) is 41.9 Å². The highest BCUT2D eigenvalue weighted by molar-refractivity contribution is 5.98. The minimum absolute atomic E-state index is 0.0720. The zero-order valence-electron chi connectivity index (χ0n) is 18.7. The molecule has 1 fully saturated rings. The summed E-state index contributed by atoms with van der Waals surface area (Å²) < 4.78 is 5.42. The lowest BCUT2D eigenvalue weighted by molar-refractivity contribution is 0.122. The largest absolute Gasteiger partial charge is 0.397 e. The van der Waals surface area contributed by atoms with Crippen LogP contribution in [0.1, 0.15) is 16.7 Å². The lowest BCUT2D eigenvalue weighted by Crippen LogP contribution is -2.37. The third-order valence-corrected chi connectivity index (χ3v) is 5.65. The number of hydrazone groups is 1. The molecule has 34 heavy (non-hydrogen) atoms. The molecule has 0 amide bonds. The number of rotatable bonds is 6. The van der Waals surface area contributed by atoms with E-state index in [9.17, 15) is 4.79 Å². The Balaban J connectivity index is 1.62. The number of hydrogen-bond donors (Lipinski definition) is 6. The van der Waals surface area contributed by atoms with Crippen LogP contribution in [0.3, 0.4) is 0 Å². The molecule has 1 saturated heterocycles. The highest BCUT2D eigenvalue weighted by Crippen LogP contribution is 2.22. The lowest BCUT2D eigenvalue weighted by atomic mass is 10.1. The van der Waals surface area contributed by atoms with Crippen molar-refractivity contribution in [3.05, 3.63) is 81.6 Å². The van der Waals surface area contributed by atoms with E-state index in [0.29, 0.717) is 60.8 Å². The smallest absolute Gasteiger partial charge is 0.191 e. The highest BCUT2D eigenvalue weighted by Gasteiger charge is 2.15. The Kier molecular flexibility index (Phi) is 6.97. The Morgan fingerprint density at radius 2 is 1.97 bits per heavy atom. The summed E-state index contributed by atoms with van der Waals surface area (Å²) in [4.78, 5) is 18.3. The quantitative estimate of drug-likeness (QED) is 0.128. The third-order valence-electron chi connectivity index (χ3n) is 5.65. The molecule has 0 bridgehead atoms. The molecule has 0 radical (unpaired) electrons. The van der Waals surface area contributed by atoms with Gasteiger partial charge in [-0.25, -0.2) is 11.7 Å². The van der Waals surface area contributed by atoms with Crippen LogP contribution in [0.5, 0.6) is 0 Å². The summed E-state index contributed by atoms with van der Waals surface area (Å²) in [5.41, 5.74) is 12.2. The summed E-state index contributed by atoms with van der Waals surface area (Å²) in [6.07, 6.45) is 1.64. The molecule has 178 valence electrons. The first-order chi connectivity index (χ1) is 16.5. The Hall–Kier alpha value is -4.06. The minimum atomic E-state index is -0.0720. The first-order valence-electron chi connectivity index (χ1n) is 10.8. The number of amidine groups is 1. The monoisotopic (exact) mass is 463 g/mol. The molecule has 11 nitrogen and oxygen atoms in total. The molecule has 10 N–H and O–H groups in total. The molecule has 0 saturated carbocycles. The number of hydrazine groups is 2. The third kappa shape index (κ3) is 4.96. The number of benzene rings is 2. The first-order valence-corrected chi connectivity index (χ1v) is 10.8. The maximum Gasteiger partial charge on any atom is 0.191 e. The first kappa shape index (κ1) is 23.1. The van der Waals surface area contributed by atoms with Gasteiger partial charge >= 0.3 is 0 Å². The second kappa shape index (κ2) is 10.3. The van der Waals surface area contributed by atoms with Crippen LogP contribution in [0.2, 0.25) is 0 Å². The number of aromatic amines is 1. The summed E-state index contributed by atoms with van der Waals surface area (Å²) in [5.74, 6) is 18.2. The minimum Gasteiger partial charge on any atom is -0.397 e. The number of pyridine rings is 1. The summed E-state index contributed by atoms with van der Waals surface area (Å²) in [7, 11) is 0. The standard InChI is InChI=1S/C23H29N9O2/c24-19(14-32(27)13-15-3-1-4-16(11-15)23(29-25)30-26)17-5-2-6-18-20(33)12-21(28-22(17)18)31-7-9-34-10-8-31/h1-6,11-12,14H,7-10,13,24-27H2,(H,28,33)(H,29,30)/b19-14-. The van der Waals surface area contributed by atoms with Crippen molar-refractivity contribution >= 4 is 28.3 Å². The second-order valence-electron chi connectivity index (χ2n) is 7.93. The van der Waals surface area contributed by atoms with E-state index in [-0.39, 0.29) is 5.43 Å². The van der Waals surface area contributed by atoms with Gasteiger partial charge in [0.2, 0.25) is 0 Å². The molecule has 3 aromatic rings. The van der Waals surface area contributed by atoms with Crippen molar-refractivity contribution in [2.75, 3.05) is 31.2 Å². The van der Waals surface area contributed by atoms with Gasteiger partial charge in [0.1, 0.15) is 5.82 Å². The average molecular weight is 464 g/mol. The van der Waals surface area contributed by atoms with Crippen LogP contribution in [0.15, 0.2) is 64.6 Å². The molecule has 0 aliphatic carbocycles. The Morgan fingerprint density at radius 1 is 1.21 bits per heavy atom. The van der Waals surface area contributed by atoms with E-state index in [1.165, 1.54) is 5.01 Å². The van der Waals surface area contributed by atoms with E-state index in [1.807, 2.05) is 30.3 Å². The molecular formula is C23H29N9O2. The van der Waals surface area contributed by atoms with E-state index < -0.39 is 0 Å². The van der Waals surface area contributed by atoms with Crippen LogP contribution in [0.25, 0.3) is 16.6 Å². The topological polar surface area (TPSA) is 177 Å². The van der Waals surface area contributed by atoms with Gasteiger partial charge in [-0.3, -0.25) is 4.79 Å². The number of aromatic nitrogens is 1. The van der Waals surface area contributed by atoms with E-state index in [2.05, 4.69) is 20.4 Å². The molecule has 0 spiro atoms. The number of nitrogens with one attached hydrogen (secondary N) is 2. The van der Waals surface area contributed by atoms with Crippen molar-refractivity contribution in [2.24, 2.45) is 28.4 Å².